The Bertz CT molecular complexity index is 743. The predicted octanol–water partition coefficient (Wildman–Crippen LogP) is 1.20. The van der Waals surface area contributed by atoms with Gasteiger partial charge in [-0.1, -0.05) is 11.6 Å². The van der Waals surface area contributed by atoms with Crippen LogP contribution in [0.1, 0.15) is 6.92 Å². The first-order valence-corrected chi connectivity index (χ1v) is 8.17. The highest BCUT2D eigenvalue weighted by Gasteiger charge is 2.31. The molecule has 1 fully saturated rings. The van der Waals surface area contributed by atoms with Crippen LogP contribution in [0, 0.1) is 0 Å². The summed E-state index contributed by atoms with van der Waals surface area (Å²) < 4.78 is 27.0. The van der Waals surface area contributed by atoms with Gasteiger partial charge in [0.15, 0.2) is 0 Å². The largest absolute Gasteiger partial charge is 0.345 e. The zero-order chi connectivity index (χ0) is 14.3. The first kappa shape index (κ1) is 13.8. The van der Waals surface area contributed by atoms with E-state index in [0.29, 0.717) is 35.7 Å². The minimum atomic E-state index is -3.56. The van der Waals surface area contributed by atoms with E-state index in [2.05, 4.69) is 15.3 Å². The van der Waals surface area contributed by atoms with E-state index in [1.807, 2.05) is 6.92 Å². The van der Waals surface area contributed by atoms with E-state index in [-0.39, 0.29) is 10.9 Å². The highest BCUT2D eigenvalue weighted by Crippen LogP contribution is 2.30. The molecule has 3 rings (SSSR count). The Labute approximate surface area is 122 Å². The number of aromatic amines is 1. The molecule has 0 saturated carbocycles. The maximum Gasteiger partial charge on any atom is 0.245 e. The average Bonchev–Trinajstić information content (AvgIpc) is 2.85. The number of nitrogens with zero attached hydrogens (tertiary/aromatic N) is 2. The lowest BCUT2D eigenvalue weighted by molar-refractivity contribution is 0.310. The highest BCUT2D eigenvalue weighted by atomic mass is 35.5. The molecule has 0 aromatic carbocycles. The molecule has 0 aliphatic carbocycles. The van der Waals surface area contributed by atoms with Gasteiger partial charge in [-0.3, -0.25) is 0 Å². The molecule has 1 atom stereocenters. The van der Waals surface area contributed by atoms with Crippen LogP contribution in [-0.2, 0) is 10.0 Å². The van der Waals surface area contributed by atoms with Gasteiger partial charge in [0.1, 0.15) is 10.5 Å². The number of rotatable bonds is 2. The van der Waals surface area contributed by atoms with E-state index in [4.69, 9.17) is 11.6 Å². The molecule has 0 spiro atoms. The van der Waals surface area contributed by atoms with Crippen LogP contribution in [0.2, 0.25) is 5.02 Å². The van der Waals surface area contributed by atoms with Gasteiger partial charge in [0.2, 0.25) is 10.0 Å². The van der Waals surface area contributed by atoms with Crippen LogP contribution in [0.4, 0.5) is 0 Å². The predicted molar refractivity (Wildman–Crippen MR) is 77.3 cm³/mol. The number of hydrogen-bond donors (Lipinski definition) is 2. The topological polar surface area (TPSA) is 78.1 Å². The zero-order valence-corrected chi connectivity index (χ0v) is 12.5. The van der Waals surface area contributed by atoms with E-state index in [0.717, 1.165) is 0 Å². The fraction of sp³-hybridized carbons (Fsp3) is 0.417. The van der Waals surface area contributed by atoms with E-state index in [1.165, 1.54) is 10.5 Å². The van der Waals surface area contributed by atoms with Crippen LogP contribution < -0.4 is 5.32 Å². The van der Waals surface area contributed by atoms with E-state index < -0.39 is 10.0 Å². The molecule has 2 aromatic rings. The molecule has 8 heteroatoms. The average molecular weight is 315 g/mol. The summed E-state index contributed by atoms with van der Waals surface area (Å²) in [5, 5.41) is 4.07. The summed E-state index contributed by atoms with van der Waals surface area (Å²) in [4.78, 5) is 7.16. The van der Waals surface area contributed by atoms with E-state index in [9.17, 15) is 8.42 Å². The maximum absolute atomic E-state index is 12.8. The van der Waals surface area contributed by atoms with Gasteiger partial charge in [0.25, 0.3) is 0 Å². The van der Waals surface area contributed by atoms with Crippen molar-refractivity contribution in [1.82, 2.24) is 19.6 Å². The maximum atomic E-state index is 12.8. The second-order valence-electron chi connectivity index (χ2n) is 4.89. The number of piperazine rings is 1. The molecule has 1 saturated heterocycles. The minimum Gasteiger partial charge on any atom is -0.345 e. The number of hydrogen-bond acceptors (Lipinski definition) is 4. The van der Waals surface area contributed by atoms with Gasteiger partial charge in [0.05, 0.1) is 10.4 Å². The highest BCUT2D eigenvalue weighted by molar-refractivity contribution is 7.89. The Morgan fingerprint density at radius 3 is 3.05 bits per heavy atom. The number of H-pyrrole nitrogens is 1. The monoisotopic (exact) mass is 314 g/mol. The molecule has 1 aliphatic rings. The molecule has 0 amide bonds. The quantitative estimate of drug-likeness (QED) is 0.873. The summed E-state index contributed by atoms with van der Waals surface area (Å²) in [6, 6.07) is 1.73. The molecule has 2 aromatic heterocycles. The molecule has 1 aliphatic heterocycles. The van der Waals surface area contributed by atoms with Crippen LogP contribution in [0.5, 0.6) is 0 Å². The first-order chi connectivity index (χ1) is 9.50. The van der Waals surface area contributed by atoms with Crippen molar-refractivity contribution in [2.75, 3.05) is 19.6 Å². The summed E-state index contributed by atoms with van der Waals surface area (Å²) in [5.74, 6) is 0. The molecule has 2 N–H and O–H groups in total. The molecular formula is C12H15ClN4O2S. The summed E-state index contributed by atoms with van der Waals surface area (Å²) in [5.41, 5.74) is 0.485. The summed E-state index contributed by atoms with van der Waals surface area (Å²) in [6.07, 6.45) is 3.01. The molecule has 0 radical (unpaired) electrons. The third kappa shape index (κ3) is 2.20. The fourth-order valence-electron chi connectivity index (χ4n) is 2.45. The van der Waals surface area contributed by atoms with Crippen molar-refractivity contribution in [3.8, 4) is 0 Å². The first-order valence-electron chi connectivity index (χ1n) is 6.35. The second-order valence-corrected chi connectivity index (χ2v) is 7.20. The van der Waals surface area contributed by atoms with Crippen molar-refractivity contribution in [2.24, 2.45) is 0 Å². The van der Waals surface area contributed by atoms with E-state index >= 15 is 0 Å². The summed E-state index contributed by atoms with van der Waals surface area (Å²) >= 11 is 6.12. The standard InChI is InChI=1S/C12H15ClN4O2S/c1-8-7-17(5-4-14-8)20(18,19)10-6-16-12-11(10)9(13)2-3-15-12/h2-3,6,8,14H,4-5,7H2,1H3,(H,15,16). The third-order valence-electron chi connectivity index (χ3n) is 3.44. The van der Waals surface area contributed by atoms with Gasteiger partial charge in [-0.05, 0) is 13.0 Å². The Kier molecular flexibility index (Phi) is 3.45. The number of halogens is 1. The Morgan fingerprint density at radius 1 is 1.50 bits per heavy atom. The lowest BCUT2D eigenvalue weighted by Crippen LogP contribution is -2.51. The molecule has 3 heterocycles. The molecule has 108 valence electrons. The van der Waals surface area contributed by atoms with E-state index in [1.54, 1.807) is 12.3 Å². The van der Waals surface area contributed by atoms with Crippen molar-refractivity contribution in [3.63, 3.8) is 0 Å². The molecular weight excluding hydrogens is 300 g/mol. The van der Waals surface area contributed by atoms with Gasteiger partial charge in [-0.15, -0.1) is 0 Å². The van der Waals surface area contributed by atoms with Crippen molar-refractivity contribution < 1.29 is 8.42 Å². The van der Waals surface area contributed by atoms with Gasteiger partial charge >= 0.3 is 0 Å². The van der Waals surface area contributed by atoms with Crippen LogP contribution in [0.25, 0.3) is 11.0 Å². The normalized spacial score (nSPS) is 21.4. The third-order valence-corrected chi connectivity index (χ3v) is 5.64. The van der Waals surface area contributed by atoms with Gasteiger partial charge in [-0.25, -0.2) is 13.4 Å². The lowest BCUT2D eigenvalue weighted by atomic mass is 10.3. The van der Waals surface area contributed by atoms with Gasteiger partial charge in [0, 0.05) is 38.1 Å². The second kappa shape index (κ2) is 5.00. The van der Waals surface area contributed by atoms with Gasteiger partial charge in [-0.2, -0.15) is 4.31 Å². The van der Waals surface area contributed by atoms with Crippen LogP contribution >= 0.6 is 11.6 Å². The Morgan fingerprint density at radius 2 is 2.30 bits per heavy atom. The zero-order valence-electron chi connectivity index (χ0n) is 10.9. The van der Waals surface area contributed by atoms with Crippen molar-refractivity contribution in [3.05, 3.63) is 23.5 Å². The summed E-state index contributed by atoms with van der Waals surface area (Å²) in [6.45, 7) is 3.52. The van der Waals surface area contributed by atoms with Crippen molar-refractivity contribution in [2.45, 2.75) is 17.9 Å². The fourth-order valence-corrected chi connectivity index (χ4v) is 4.45. The van der Waals surface area contributed by atoms with Crippen LogP contribution in [-0.4, -0.2) is 48.4 Å². The smallest absolute Gasteiger partial charge is 0.245 e. The molecule has 0 bridgehead atoms. The molecule has 6 nitrogen and oxygen atoms in total. The summed E-state index contributed by atoms with van der Waals surface area (Å²) in [7, 11) is -3.56. The number of pyridine rings is 1. The Balaban J connectivity index is 2.10. The van der Waals surface area contributed by atoms with Gasteiger partial charge < -0.3 is 10.3 Å². The van der Waals surface area contributed by atoms with Crippen molar-refractivity contribution >= 4 is 32.7 Å². The molecule has 20 heavy (non-hydrogen) atoms. The van der Waals surface area contributed by atoms with Crippen LogP contribution in [0.15, 0.2) is 23.4 Å². The SMILES string of the molecule is CC1CN(S(=O)(=O)c2c[nH]c3nccc(Cl)c23)CCN1. The lowest BCUT2D eigenvalue weighted by Gasteiger charge is -2.30. The number of aromatic nitrogens is 2. The van der Waals surface area contributed by atoms with Crippen LogP contribution in [0.3, 0.4) is 0 Å². The number of nitrogens with one attached hydrogen (secondary N) is 2. The minimum absolute atomic E-state index is 0.136. The molecule has 1 unspecified atom stereocenters. The van der Waals surface area contributed by atoms with Crippen molar-refractivity contribution in [1.29, 1.82) is 0 Å². The number of fused-ring (bicyclic) bond motifs is 1. The number of sulfonamides is 1. The Hall–Kier alpha value is -1.15.